The molecule has 1 fully saturated rings. The Morgan fingerprint density at radius 3 is 2.30 bits per heavy atom. The van der Waals surface area contributed by atoms with Crippen molar-refractivity contribution in [3.8, 4) is 17.2 Å². The van der Waals surface area contributed by atoms with E-state index in [2.05, 4.69) is 38.7 Å². The molecule has 0 saturated carbocycles. The predicted molar refractivity (Wildman–Crippen MR) is 145 cm³/mol. The number of ether oxygens (including phenoxy) is 3. The van der Waals surface area contributed by atoms with Crippen LogP contribution in [-0.4, -0.2) is 65.4 Å². The molecular weight excluding hydrogens is 531 g/mol. The van der Waals surface area contributed by atoms with E-state index < -0.39 is 0 Å². The molecule has 2 N–H and O–H groups in total. The number of likely N-dealkylation sites (tertiary alicyclic amines) is 1. The van der Waals surface area contributed by atoms with Gasteiger partial charge in [-0.1, -0.05) is 24.3 Å². The fraction of sp³-hybridized carbons (Fsp3) is 0.480. The van der Waals surface area contributed by atoms with Crippen LogP contribution in [0.1, 0.15) is 30.0 Å². The molecule has 1 aliphatic heterocycles. The number of hydrogen-bond donors (Lipinski definition) is 2. The molecule has 1 unspecified atom stereocenters. The maximum atomic E-state index is 5.65. The highest BCUT2D eigenvalue weighted by Gasteiger charge is 2.26. The van der Waals surface area contributed by atoms with Gasteiger partial charge in [-0.15, -0.1) is 24.0 Å². The maximum absolute atomic E-state index is 5.65. The van der Waals surface area contributed by atoms with E-state index in [0.29, 0.717) is 0 Å². The van der Waals surface area contributed by atoms with Crippen LogP contribution >= 0.6 is 24.0 Å². The van der Waals surface area contributed by atoms with Gasteiger partial charge >= 0.3 is 0 Å². The Hall–Kier alpha value is -2.20. The molecule has 0 aliphatic carbocycles. The summed E-state index contributed by atoms with van der Waals surface area (Å²) >= 11 is 0. The Kier molecular flexibility index (Phi) is 11.6. The standard InChI is InChI=1S/C25H36N4O3.HI/c1-26-25(27-14-13-19-11-12-23(31-3)24(17-19)32-4)28-18-21(29-15-7-8-16-29)20-9-5-6-10-22(20)30-2;/h5-6,9-12,17,21H,7-8,13-16,18H2,1-4H3,(H2,26,27,28);1H. The summed E-state index contributed by atoms with van der Waals surface area (Å²) in [6.07, 6.45) is 3.33. The minimum atomic E-state index is 0. The lowest BCUT2D eigenvalue weighted by atomic mass is 10.0. The van der Waals surface area contributed by atoms with Crippen molar-refractivity contribution >= 4 is 29.9 Å². The van der Waals surface area contributed by atoms with E-state index in [9.17, 15) is 0 Å². The van der Waals surface area contributed by atoms with Crippen molar-refractivity contribution in [1.82, 2.24) is 15.5 Å². The minimum Gasteiger partial charge on any atom is -0.496 e. The molecule has 0 radical (unpaired) electrons. The van der Waals surface area contributed by atoms with Crippen LogP contribution in [0.4, 0.5) is 0 Å². The summed E-state index contributed by atoms with van der Waals surface area (Å²) < 4.78 is 16.4. The Morgan fingerprint density at radius 1 is 0.939 bits per heavy atom. The number of nitrogens with one attached hydrogen (secondary N) is 2. The number of aliphatic imine (C=N–C) groups is 1. The second-order valence-corrected chi connectivity index (χ2v) is 7.82. The number of halogens is 1. The first kappa shape index (κ1) is 27.0. The monoisotopic (exact) mass is 568 g/mol. The van der Waals surface area contributed by atoms with Crippen LogP contribution in [0, 0.1) is 0 Å². The molecule has 1 heterocycles. The largest absolute Gasteiger partial charge is 0.496 e. The highest BCUT2D eigenvalue weighted by Crippen LogP contribution is 2.31. The van der Waals surface area contributed by atoms with E-state index in [-0.39, 0.29) is 30.0 Å². The molecule has 1 aliphatic rings. The van der Waals surface area contributed by atoms with E-state index >= 15 is 0 Å². The number of nitrogens with zero attached hydrogens (tertiary/aromatic N) is 2. The molecule has 0 amide bonds. The van der Waals surface area contributed by atoms with Crippen LogP contribution < -0.4 is 24.8 Å². The van der Waals surface area contributed by atoms with Crippen molar-refractivity contribution in [3.05, 3.63) is 53.6 Å². The first-order chi connectivity index (χ1) is 15.7. The molecule has 2 aromatic rings. The average molecular weight is 569 g/mol. The summed E-state index contributed by atoms with van der Waals surface area (Å²) in [6.45, 7) is 3.74. The van der Waals surface area contributed by atoms with Crippen molar-refractivity contribution < 1.29 is 14.2 Å². The molecule has 33 heavy (non-hydrogen) atoms. The Bertz CT molecular complexity index is 888. The van der Waals surface area contributed by atoms with Gasteiger partial charge in [0.1, 0.15) is 5.75 Å². The molecule has 8 heteroatoms. The van der Waals surface area contributed by atoms with Crippen LogP contribution in [-0.2, 0) is 6.42 Å². The summed E-state index contributed by atoms with van der Waals surface area (Å²) in [7, 11) is 6.85. The zero-order valence-corrected chi connectivity index (χ0v) is 22.4. The van der Waals surface area contributed by atoms with Crippen LogP contribution in [0.5, 0.6) is 17.2 Å². The zero-order valence-electron chi connectivity index (χ0n) is 20.1. The first-order valence-electron chi connectivity index (χ1n) is 11.2. The molecular formula is C25H37IN4O3. The predicted octanol–water partition coefficient (Wildman–Crippen LogP) is 3.88. The summed E-state index contributed by atoms with van der Waals surface area (Å²) in [4.78, 5) is 6.94. The second kappa shape index (κ2) is 14.1. The molecule has 0 aromatic heterocycles. The molecule has 1 atom stereocenters. The van der Waals surface area contributed by atoms with Crippen LogP contribution in [0.2, 0.25) is 0 Å². The zero-order chi connectivity index (χ0) is 22.8. The van der Waals surface area contributed by atoms with Gasteiger partial charge in [-0.25, -0.2) is 0 Å². The van der Waals surface area contributed by atoms with Crippen molar-refractivity contribution in [2.24, 2.45) is 4.99 Å². The number of rotatable bonds is 10. The Labute approximate surface area is 214 Å². The van der Waals surface area contributed by atoms with Crippen molar-refractivity contribution in [1.29, 1.82) is 0 Å². The molecule has 1 saturated heterocycles. The smallest absolute Gasteiger partial charge is 0.191 e. The molecule has 7 nitrogen and oxygen atoms in total. The summed E-state index contributed by atoms with van der Waals surface area (Å²) in [5, 5.41) is 6.95. The van der Waals surface area contributed by atoms with Crippen molar-refractivity contribution in [3.63, 3.8) is 0 Å². The van der Waals surface area contributed by atoms with Gasteiger partial charge in [-0.2, -0.15) is 0 Å². The summed E-state index contributed by atoms with van der Waals surface area (Å²) in [5.41, 5.74) is 2.39. The number of para-hydroxylation sites is 1. The van der Waals surface area contributed by atoms with Gasteiger partial charge < -0.3 is 24.8 Å². The second-order valence-electron chi connectivity index (χ2n) is 7.82. The highest BCUT2D eigenvalue weighted by molar-refractivity contribution is 14.0. The van der Waals surface area contributed by atoms with Crippen LogP contribution in [0.25, 0.3) is 0 Å². The molecule has 0 spiro atoms. The number of hydrogen-bond acceptors (Lipinski definition) is 5. The quantitative estimate of drug-likeness (QED) is 0.258. The van der Waals surface area contributed by atoms with Crippen molar-refractivity contribution in [2.45, 2.75) is 25.3 Å². The molecule has 0 bridgehead atoms. The lowest BCUT2D eigenvalue weighted by Crippen LogP contribution is -2.43. The fourth-order valence-electron chi connectivity index (χ4n) is 4.21. The van der Waals surface area contributed by atoms with E-state index in [1.807, 2.05) is 24.3 Å². The van der Waals surface area contributed by atoms with E-state index in [0.717, 1.165) is 55.8 Å². The van der Waals surface area contributed by atoms with Gasteiger partial charge in [0.2, 0.25) is 0 Å². The first-order valence-corrected chi connectivity index (χ1v) is 11.2. The van der Waals surface area contributed by atoms with Gasteiger partial charge in [0.05, 0.1) is 27.4 Å². The van der Waals surface area contributed by atoms with Gasteiger partial charge in [-0.05, 0) is 56.1 Å². The molecule has 3 rings (SSSR count). The van der Waals surface area contributed by atoms with Gasteiger partial charge in [-0.3, -0.25) is 9.89 Å². The molecule has 182 valence electrons. The third-order valence-electron chi connectivity index (χ3n) is 5.92. The lowest BCUT2D eigenvalue weighted by Gasteiger charge is -2.30. The van der Waals surface area contributed by atoms with Gasteiger partial charge in [0, 0.05) is 25.7 Å². The summed E-state index contributed by atoms with van der Waals surface area (Å²) in [6, 6.07) is 14.5. The average Bonchev–Trinajstić information content (AvgIpc) is 3.37. The Balaban J connectivity index is 0.00000385. The third-order valence-corrected chi connectivity index (χ3v) is 5.92. The van der Waals surface area contributed by atoms with Gasteiger partial charge in [0.15, 0.2) is 17.5 Å². The normalized spacial score (nSPS) is 14.8. The van der Waals surface area contributed by atoms with E-state index in [4.69, 9.17) is 14.2 Å². The number of guanidine groups is 1. The van der Waals surface area contributed by atoms with Gasteiger partial charge in [0.25, 0.3) is 0 Å². The van der Waals surface area contributed by atoms with Crippen LogP contribution in [0.15, 0.2) is 47.5 Å². The van der Waals surface area contributed by atoms with Crippen molar-refractivity contribution in [2.75, 3.05) is 54.6 Å². The number of benzene rings is 2. The Morgan fingerprint density at radius 2 is 1.64 bits per heavy atom. The molecule has 2 aromatic carbocycles. The lowest BCUT2D eigenvalue weighted by molar-refractivity contribution is 0.239. The fourth-order valence-corrected chi connectivity index (χ4v) is 4.21. The maximum Gasteiger partial charge on any atom is 0.191 e. The topological polar surface area (TPSA) is 67.4 Å². The summed E-state index contributed by atoms with van der Waals surface area (Å²) in [5.74, 6) is 3.22. The SMILES string of the molecule is CN=C(NCCc1ccc(OC)c(OC)c1)NCC(c1ccccc1OC)N1CCCC1.I. The number of methoxy groups -OCH3 is 3. The van der Waals surface area contributed by atoms with Crippen LogP contribution in [0.3, 0.4) is 0 Å². The van der Waals surface area contributed by atoms with E-state index in [1.54, 1.807) is 28.4 Å². The minimum absolute atomic E-state index is 0. The van der Waals surface area contributed by atoms with E-state index in [1.165, 1.54) is 24.0 Å². The third kappa shape index (κ3) is 7.40. The highest BCUT2D eigenvalue weighted by atomic mass is 127.